The predicted molar refractivity (Wildman–Crippen MR) is 82.5 cm³/mol. The average molecular weight is 295 g/mol. The maximum atomic E-state index is 5.78. The highest BCUT2D eigenvalue weighted by Crippen LogP contribution is 2.34. The van der Waals surface area contributed by atoms with Crippen molar-refractivity contribution >= 4 is 10.8 Å². The quantitative estimate of drug-likeness (QED) is 0.801. The van der Waals surface area contributed by atoms with Crippen LogP contribution in [-0.2, 0) is 6.61 Å². The van der Waals surface area contributed by atoms with Crippen molar-refractivity contribution in [3.05, 3.63) is 54.2 Å². The molecule has 0 radical (unpaired) electrons. The maximum absolute atomic E-state index is 5.78. The van der Waals surface area contributed by atoms with E-state index in [1.165, 1.54) is 5.39 Å². The van der Waals surface area contributed by atoms with Crippen LogP contribution < -0.4 is 10.5 Å². The Hall–Kier alpha value is -2.40. The predicted octanol–water partition coefficient (Wildman–Crippen LogP) is 3.01. The second kappa shape index (κ2) is 5.42. The monoisotopic (exact) mass is 295 g/mol. The van der Waals surface area contributed by atoms with Crippen molar-refractivity contribution in [2.75, 3.05) is 0 Å². The first-order valence-electron chi connectivity index (χ1n) is 7.47. The minimum atomic E-state index is 0.272. The molecule has 112 valence electrons. The Balaban J connectivity index is 1.43. The largest absolute Gasteiger partial charge is 0.485 e. The summed E-state index contributed by atoms with van der Waals surface area (Å²) in [6.07, 6.45) is 1.85. The highest BCUT2D eigenvalue weighted by molar-refractivity contribution is 5.83. The van der Waals surface area contributed by atoms with Gasteiger partial charge in [0.15, 0.2) is 6.61 Å². The topological polar surface area (TPSA) is 74.2 Å². The SMILES string of the molecule is NC1CC(c2nc(COc3ccc4ccccc4c3)no2)C1. The number of benzene rings is 2. The molecule has 1 saturated carbocycles. The van der Waals surface area contributed by atoms with Gasteiger partial charge in [-0.15, -0.1) is 0 Å². The van der Waals surface area contributed by atoms with Gasteiger partial charge in [0, 0.05) is 12.0 Å². The van der Waals surface area contributed by atoms with E-state index >= 15 is 0 Å². The molecule has 2 N–H and O–H groups in total. The van der Waals surface area contributed by atoms with Crippen LogP contribution in [0.25, 0.3) is 10.8 Å². The van der Waals surface area contributed by atoms with E-state index < -0.39 is 0 Å². The number of hydrogen-bond donors (Lipinski definition) is 1. The van der Waals surface area contributed by atoms with Gasteiger partial charge < -0.3 is 15.0 Å². The summed E-state index contributed by atoms with van der Waals surface area (Å²) in [5, 5.41) is 6.31. The number of fused-ring (bicyclic) bond motifs is 1. The lowest BCUT2D eigenvalue weighted by Gasteiger charge is -2.28. The average Bonchev–Trinajstić information content (AvgIpc) is 2.98. The molecule has 0 bridgehead atoms. The molecule has 1 aliphatic carbocycles. The summed E-state index contributed by atoms with van der Waals surface area (Å²) in [5.41, 5.74) is 5.78. The molecular weight excluding hydrogens is 278 g/mol. The molecule has 2 aromatic carbocycles. The van der Waals surface area contributed by atoms with E-state index in [-0.39, 0.29) is 6.04 Å². The zero-order valence-electron chi connectivity index (χ0n) is 12.1. The summed E-state index contributed by atoms with van der Waals surface area (Å²) in [6.45, 7) is 0.306. The van der Waals surface area contributed by atoms with Crippen LogP contribution in [0.2, 0.25) is 0 Å². The van der Waals surface area contributed by atoms with Crippen molar-refractivity contribution in [2.24, 2.45) is 5.73 Å². The Labute approximate surface area is 128 Å². The lowest BCUT2D eigenvalue weighted by Crippen LogP contribution is -2.34. The fourth-order valence-electron chi connectivity index (χ4n) is 2.76. The van der Waals surface area contributed by atoms with E-state index in [0.29, 0.717) is 24.2 Å². The third-order valence-electron chi connectivity index (χ3n) is 4.10. The highest BCUT2D eigenvalue weighted by atomic mass is 16.5. The normalized spacial score (nSPS) is 20.8. The molecule has 0 atom stereocenters. The van der Waals surface area contributed by atoms with Gasteiger partial charge in [-0.1, -0.05) is 35.5 Å². The number of nitrogens with two attached hydrogens (primary N) is 1. The molecule has 0 spiro atoms. The van der Waals surface area contributed by atoms with Gasteiger partial charge in [-0.25, -0.2) is 0 Å². The van der Waals surface area contributed by atoms with Crippen LogP contribution in [0.1, 0.15) is 30.5 Å². The summed E-state index contributed by atoms with van der Waals surface area (Å²) in [7, 11) is 0. The number of rotatable bonds is 4. The van der Waals surface area contributed by atoms with Crippen molar-refractivity contribution < 1.29 is 9.26 Å². The first kappa shape index (κ1) is 13.3. The molecule has 0 saturated heterocycles. The molecule has 0 amide bonds. The Morgan fingerprint density at radius 1 is 1.14 bits per heavy atom. The van der Waals surface area contributed by atoms with Crippen molar-refractivity contribution in [1.82, 2.24) is 10.1 Å². The second-order valence-corrected chi connectivity index (χ2v) is 5.77. The fourth-order valence-corrected chi connectivity index (χ4v) is 2.76. The molecule has 0 aliphatic heterocycles. The van der Waals surface area contributed by atoms with E-state index in [1.807, 2.05) is 30.3 Å². The number of hydrogen-bond acceptors (Lipinski definition) is 5. The van der Waals surface area contributed by atoms with Crippen molar-refractivity contribution in [1.29, 1.82) is 0 Å². The van der Waals surface area contributed by atoms with Crippen LogP contribution in [0.15, 0.2) is 47.0 Å². The number of ether oxygens (including phenoxy) is 1. The Morgan fingerprint density at radius 2 is 1.95 bits per heavy atom. The standard InChI is InChI=1S/C17H17N3O2/c18-14-7-13(8-14)17-19-16(20-22-17)10-21-15-6-5-11-3-1-2-4-12(11)9-15/h1-6,9,13-14H,7-8,10,18H2. The Kier molecular flexibility index (Phi) is 3.27. The fraction of sp³-hybridized carbons (Fsp3) is 0.294. The van der Waals surface area contributed by atoms with Gasteiger partial charge in [-0.3, -0.25) is 0 Å². The van der Waals surface area contributed by atoms with Gasteiger partial charge in [0.1, 0.15) is 5.75 Å². The van der Waals surface area contributed by atoms with E-state index in [0.717, 1.165) is 24.0 Å². The maximum Gasteiger partial charge on any atom is 0.229 e. The van der Waals surface area contributed by atoms with Crippen LogP contribution in [0, 0.1) is 0 Å². The van der Waals surface area contributed by atoms with Crippen molar-refractivity contribution in [3.8, 4) is 5.75 Å². The van der Waals surface area contributed by atoms with E-state index in [1.54, 1.807) is 0 Å². The third kappa shape index (κ3) is 2.55. The molecule has 5 heteroatoms. The van der Waals surface area contributed by atoms with Gasteiger partial charge in [-0.05, 0) is 35.7 Å². The van der Waals surface area contributed by atoms with Crippen molar-refractivity contribution in [3.63, 3.8) is 0 Å². The van der Waals surface area contributed by atoms with Crippen LogP contribution in [0.5, 0.6) is 5.75 Å². The lowest BCUT2D eigenvalue weighted by atomic mass is 9.81. The molecule has 1 fully saturated rings. The molecular formula is C17H17N3O2. The van der Waals surface area contributed by atoms with Crippen LogP contribution in [0.4, 0.5) is 0 Å². The van der Waals surface area contributed by atoms with E-state index in [2.05, 4.69) is 22.3 Å². The smallest absolute Gasteiger partial charge is 0.229 e. The molecule has 3 aromatic rings. The summed E-state index contributed by atoms with van der Waals surface area (Å²) in [5.74, 6) is 2.37. The van der Waals surface area contributed by atoms with Crippen LogP contribution in [-0.4, -0.2) is 16.2 Å². The van der Waals surface area contributed by atoms with Crippen molar-refractivity contribution in [2.45, 2.75) is 31.4 Å². The molecule has 0 unspecified atom stereocenters. The number of aromatic nitrogens is 2. The minimum absolute atomic E-state index is 0.272. The van der Waals surface area contributed by atoms with Gasteiger partial charge >= 0.3 is 0 Å². The summed E-state index contributed by atoms with van der Waals surface area (Å²) < 4.78 is 11.0. The second-order valence-electron chi connectivity index (χ2n) is 5.77. The Morgan fingerprint density at radius 3 is 2.77 bits per heavy atom. The van der Waals surface area contributed by atoms with Gasteiger partial charge in [0.2, 0.25) is 11.7 Å². The molecule has 22 heavy (non-hydrogen) atoms. The minimum Gasteiger partial charge on any atom is -0.485 e. The zero-order valence-corrected chi connectivity index (χ0v) is 12.1. The zero-order chi connectivity index (χ0) is 14.9. The molecule has 1 heterocycles. The van der Waals surface area contributed by atoms with Gasteiger partial charge in [-0.2, -0.15) is 4.98 Å². The highest BCUT2D eigenvalue weighted by Gasteiger charge is 2.31. The Bertz CT molecular complexity index is 793. The van der Waals surface area contributed by atoms with Gasteiger partial charge in [0.05, 0.1) is 0 Å². The number of nitrogens with zero attached hydrogens (tertiary/aromatic N) is 2. The van der Waals surface area contributed by atoms with E-state index in [9.17, 15) is 0 Å². The lowest BCUT2D eigenvalue weighted by molar-refractivity contribution is 0.258. The molecule has 4 rings (SSSR count). The first-order chi connectivity index (χ1) is 10.8. The third-order valence-corrected chi connectivity index (χ3v) is 4.10. The van der Waals surface area contributed by atoms with Gasteiger partial charge in [0.25, 0.3) is 0 Å². The first-order valence-corrected chi connectivity index (χ1v) is 7.47. The molecule has 5 nitrogen and oxygen atoms in total. The molecule has 1 aliphatic rings. The van der Waals surface area contributed by atoms with E-state index in [4.69, 9.17) is 15.0 Å². The summed E-state index contributed by atoms with van der Waals surface area (Å²) in [4.78, 5) is 4.39. The van der Waals surface area contributed by atoms with Crippen LogP contribution in [0.3, 0.4) is 0 Å². The molecule has 1 aromatic heterocycles. The van der Waals surface area contributed by atoms with Crippen LogP contribution >= 0.6 is 0 Å². The summed E-state index contributed by atoms with van der Waals surface area (Å²) >= 11 is 0. The summed E-state index contributed by atoms with van der Waals surface area (Å²) in [6, 6.07) is 14.5.